The van der Waals surface area contributed by atoms with E-state index in [4.69, 9.17) is 0 Å². The molecule has 0 saturated heterocycles. The van der Waals surface area contributed by atoms with E-state index >= 15 is 0 Å². The number of hydrogen-bond acceptors (Lipinski definition) is 5. The van der Waals surface area contributed by atoms with Crippen LogP contribution in [0.4, 0.5) is 5.69 Å². The van der Waals surface area contributed by atoms with Crippen LogP contribution in [0, 0.1) is 0 Å². The minimum atomic E-state index is -3.73. The van der Waals surface area contributed by atoms with E-state index in [-0.39, 0.29) is 6.54 Å². The third-order valence-corrected chi connectivity index (χ3v) is 5.98. The normalized spacial score (nSPS) is 12.6. The molecule has 0 fully saturated rings. The summed E-state index contributed by atoms with van der Waals surface area (Å²) in [4.78, 5) is 0. The quantitative estimate of drug-likeness (QED) is 0.591. The maximum absolute atomic E-state index is 12.2. The van der Waals surface area contributed by atoms with Gasteiger partial charge in [-0.3, -0.25) is 4.72 Å². The Morgan fingerprint density at radius 1 is 1.04 bits per heavy atom. The van der Waals surface area contributed by atoms with Crippen molar-refractivity contribution in [3.63, 3.8) is 0 Å². The molecule has 10 heteroatoms. The third-order valence-electron chi connectivity index (χ3n) is 3.59. The number of aromatic nitrogens is 2. The average molecular weight is 406 g/mol. The molecule has 2 aromatic heterocycles. The number of sulfonamides is 2. The summed E-state index contributed by atoms with van der Waals surface area (Å²) in [6.07, 6.45) is 4.67. The summed E-state index contributed by atoms with van der Waals surface area (Å²) in [5.74, 6) is -0.393. The molecule has 0 amide bonds. The molecule has 2 heterocycles. The van der Waals surface area contributed by atoms with Crippen LogP contribution in [0.3, 0.4) is 0 Å². The lowest BCUT2D eigenvalue weighted by Crippen LogP contribution is -2.30. The van der Waals surface area contributed by atoms with E-state index in [9.17, 15) is 16.8 Å². The standard InChI is InChI=1S/C17H18N4O4S2/c22-26(23,12-8-15-4-2-1-3-5-15)19-10-13-27(24,25)20-16-7-11-21-17(14-16)6-9-18-21/h1-9,11-12,14,19-20H,10,13H2. The zero-order valence-electron chi connectivity index (χ0n) is 14.2. The maximum atomic E-state index is 12.2. The van der Waals surface area contributed by atoms with Crippen LogP contribution in [0.25, 0.3) is 11.6 Å². The monoisotopic (exact) mass is 406 g/mol. The molecule has 0 aliphatic heterocycles. The van der Waals surface area contributed by atoms with Crippen molar-refractivity contribution in [1.82, 2.24) is 14.3 Å². The van der Waals surface area contributed by atoms with Gasteiger partial charge < -0.3 is 0 Å². The molecule has 3 aromatic rings. The predicted molar refractivity (Wildman–Crippen MR) is 105 cm³/mol. The predicted octanol–water partition coefficient (Wildman–Crippen LogP) is 1.67. The molecular formula is C17H18N4O4S2. The first-order valence-corrected chi connectivity index (χ1v) is 11.2. The summed E-state index contributed by atoms with van der Waals surface area (Å²) in [6, 6.07) is 13.9. The number of nitrogens with one attached hydrogen (secondary N) is 2. The van der Waals surface area contributed by atoms with E-state index in [1.807, 2.05) is 6.07 Å². The van der Waals surface area contributed by atoms with Crippen LogP contribution in [0.2, 0.25) is 0 Å². The summed E-state index contributed by atoms with van der Waals surface area (Å²) < 4.78 is 54.5. The van der Waals surface area contributed by atoms with Crippen LogP contribution in [0.5, 0.6) is 0 Å². The van der Waals surface area contributed by atoms with E-state index in [0.29, 0.717) is 5.69 Å². The van der Waals surface area contributed by atoms with Gasteiger partial charge in [-0.05, 0) is 29.8 Å². The lowest BCUT2D eigenvalue weighted by atomic mass is 10.2. The van der Waals surface area contributed by atoms with Gasteiger partial charge >= 0.3 is 0 Å². The number of nitrogens with zero attached hydrogens (tertiary/aromatic N) is 2. The van der Waals surface area contributed by atoms with Gasteiger partial charge in [-0.1, -0.05) is 30.3 Å². The summed E-state index contributed by atoms with van der Waals surface area (Å²) in [7, 11) is -7.44. The molecule has 142 valence electrons. The second-order valence-corrected chi connectivity index (χ2v) is 9.18. The second kappa shape index (κ2) is 7.91. The van der Waals surface area contributed by atoms with Crippen LogP contribution in [-0.2, 0) is 20.0 Å². The largest absolute Gasteiger partial charge is 0.283 e. The van der Waals surface area contributed by atoms with Crippen molar-refractivity contribution in [2.75, 3.05) is 17.0 Å². The Labute approximate surface area is 157 Å². The van der Waals surface area contributed by atoms with Crippen LogP contribution < -0.4 is 9.44 Å². The smallest absolute Gasteiger partial charge is 0.234 e. The summed E-state index contributed by atoms with van der Waals surface area (Å²) in [5, 5.41) is 5.04. The lowest BCUT2D eigenvalue weighted by molar-refractivity contribution is 0.589. The Morgan fingerprint density at radius 3 is 2.59 bits per heavy atom. The van der Waals surface area contributed by atoms with Gasteiger partial charge in [-0.2, -0.15) is 5.10 Å². The molecule has 0 aliphatic rings. The molecule has 0 aliphatic carbocycles. The van der Waals surface area contributed by atoms with E-state index in [2.05, 4.69) is 14.5 Å². The van der Waals surface area contributed by atoms with Gasteiger partial charge in [0.1, 0.15) is 0 Å². The molecule has 3 rings (SSSR count). The highest BCUT2D eigenvalue weighted by Crippen LogP contribution is 2.13. The number of rotatable bonds is 8. The number of pyridine rings is 1. The summed E-state index contributed by atoms with van der Waals surface area (Å²) in [6.45, 7) is -0.244. The third kappa shape index (κ3) is 5.64. The van der Waals surface area contributed by atoms with Gasteiger partial charge in [0.15, 0.2) is 0 Å². The van der Waals surface area contributed by atoms with Gasteiger partial charge in [0.05, 0.1) is 17.0 Å². The fourth-order valence-electron chi connectivity index (χ4n) is 2.31. The Bertz CT molecular complexity index is 1150. The summed E-state index contributed by atoms with van der Waals surface area (Å²) >= 11 is 0. The maximum Gasteiger partial charge on any atom is 0.234 e. The first kappa shape index (κ1) is 19.1. The Kier molecular flexibility index (Phi) is 5.59. The Balaban J connectivity index is 1.55. The highest BCUT2D eigenvalue weighted by atomic mass is 32.2. The van der Waals surface area contributed by atoms with Crippen molar-refractivity contribution in [2.45, 2.75) is 0 Å². The minimum Gasteiger partial charge on any atom is -0.283 e. The van der Waals surface area contributed by atoms with Crippen molar-refractivity contribution >= 4 is 37.3 Å². The molecule has 0 bridgehead atoms. The Hall–Kier alpha value is -2.69. The van der Waals surface area contributed by atoms with Gasteiger partial charge in [-0.15, -0.1) is 0 Å². The lowest BCUT2D eigenvalue weighted by Gasteiger charge is -2.08. The Morgan fingerprint density at radius 2 is 1.81 bits per heavy atom. The number of benzene rings is 1. The molecule has 27 heavy (non-hydrogen) atoms. The van der Waals surface area contributed by atoms with Gasteiger partial charge in [0, 0.05) is 24.3 Å². The SMILES string of the molecule is O=S(=O)(C=Cc1ccccc1)NCCS(=O)(=O)Nc1ccn2nccc2c1. The second-order valence-electron chi connectivity index (χ2n) is 5.69. The highest BCUT2D eigenvalue weighted by molar-refractivity contribution is 7.93. The van der Waals surface area contributed by atoms with Crippen molar-refractivity contribution in [1.29, 1.82) is 0 Å². The molecule has 0 spiro atoms. The van der Waals surface area contributed by atoms with E-state index in [0.717, 1.165) is 16.5 Å². The molecular weight excluding hydrogens is 388 g/mol. The van der Waals surface area contributed by atoms with Crippen LogP contribution >= 0.6 is 0 Å². The summed E-state index contributed by atoms with van der Waals surface area (Å²) in [5.41, 5.74) is 1.85. The van der Waals surface area contributed by atoms with Crippen molar-refractivity contribution in [3.05, 3.63) is 71.9 Å². The van der Waals surface area contributed by atoms with Gasteiger partial charge in [0.25, 0.3) is 0 Å². The highest BCUT2D eigenvalue weighted by Gasteiger charge is 2.13. The van der Waals surface area contributed by atoms with Gasteiger partial charge in [-0.25, -0.2) is 26.1 Å². The fraction of sp³-hybridized carbons (Fsp3) is 0.118. The zero-order valence-corrected chi connectivity index (χ0v) is 15.8. The number of fused-ring (bicyclic) bond motifs is 1. The molecule has 8 nitrogen and oxygen atoms in total. The van der Waals surface area contributed by atoms with Gasteiger partial charge in [0.2, 0.25) is 20.0 Å². The van der Waals surface area contributed by atoms with Crippen molar-refractivity contribution in [3.8, 4) is 0 Å². The van der Waals surface area contributed by atoms with E-state index in [1.54, 1.807) is 59.4 Å². The molecule has 0 atom stereocenters. The molecule has 0 saturated carbocycles. The molecule has 0 radical (unpaired) electrons. The topological polar surface area (TPSA) is 110 Å². The molecule has 0 unspecified atom stereocenters. The number of anilines is 1. The minimum absolute atomic E-state index is 0.244. The van der Waals surface area contributed by atoms with Crippen molar-refractivity contribution in [2.24, 2.45) is 0 Å². The number of hydrogen-bond donors (Lipinski definition) is 2. The van der Waals surface area contributed by atoms with Crippen LogP contribution in [0.15, 0.2) is 66.3 Å². The molecule has 1 aromatic carbocycles. The van der Waals surface area contributed by atoms with Crippen LogP contribution in [-0.4, -0.2) is 38.7 Å². The van der Waals surface area contributed by atoms with E-state index in [1.165, 1.54) is 6.08 Å². The fourth-order valence-corrected chi connectivity index (χ4v) is 4.22. The first-order valence-electron chi connectivity index (χ1n) is 8.00. The molecule has 2 N–H and O–H groups in total. The van der Waals surface area contributed by atoms with Crippen LogP contribution in [0.1, 0.15) is 5.56 Å². The van der Waals surface area contributed by atoms with E-state index < -0.39 is 25.8 Å². The average Bonchev–Trinajstić information content (AvgIpc) is 3.08. The first-order chi connectivity index (χ1) is 12.8. The zero-order chi connectivity index (χ0) is 19.3. The van der Waals surface area contributed by atoms with Crippen molar-refractivity contribution < 1.29 is 16.8 Å².